The van der Waals surface area contributed by atoms with Crippen molar-refractivity contribution in [1.82, 2.24) is 20.6 Å². The minimum absolute atomic E-state index is 0.0738. The van der Waals surface area contributed by atoms with Crippen LogP contribution in [-0.4, -0.2) is 21.6 Å². The van der Waals surface area contributed by atoms with Gasteiger partial charge in [0.25, 0.3) is 11.8 Å². The van der Waals surface area contributed by atoms with Crippen LogP contribution in [0.4, 0.5) is 0 Å². The van der Waals surface area contributed by atoms with Crippen LogP contribution in [0.5, 0.6) is 0 Å². The summed E-state index contributed by atoms with van der Waals surface area (Å²) in [6.45, 7) is 3.81. The molecule has 19 heavy (non-hydrogen) atoms. The third kappa shape index (κ3) is 3.41. The Labute approximate surface area is 114 Å². The van der Waals surface area contributed by atoms with Gasteiger partial charge in [0.2, 0.25) is 0 Å². The minimum atomic E-state index is -0.323. The molecule has 2 N–H and O–H groups in total. The summed E-state index contributed by atoms with van der Waals surface area (Å²) in [5, 5.41) is 5.97. The SMILES string of the molecule is Cc1cc(C)n(CC(=O)NNC(=O)c2cccs2)n1. The van der Waals surface area contributed by atoms with Crippen LogP contribution >= 0.6 is 11.3 Å². The van der Waals surface area contributed by atoms with Gasteiger partial charge in [0.1, 0.15) is 6.54 Å². The molecular formula is C12H14N4O2S. The van der Waals surface area contributed by atoms with Gasteiger partial charge in [-0.2, -0.15) is 5.10 Å². The van der Waals surface area contributed by atoms with Gasteiger partial charge in [-0.3, -0.25) is 25.1 Å². The van der Waals surface area contributed by atoms with Crippen LogP contribution in [-0.2, 0) is 11.3 Å². The number of aromatic nitrogens is 2. The molecule has 0 unspecified atom stereocenters. The van der Waals surface area contributed by atoms with Crippen molar-refractivity contribution in [3.63, 3.8) is 0 Å². The van der Waals surface area contributed by atoms with Crippen LogP contribution in [0.3, 0.4) is 0 Å². The van der Waals surface area contributed by atoms with Gasteiger partial charge in [-0.05, 0) is 31.4 Å². The summed E-state index contributed by atoms with van der Waals surface area (Å²) in [4.78, 5) is 23.8. The van der Waals surface area contributed by atoms with Gasteiger partial charge in [0.05, 0.1) is 10.6 Å². The summed E-state index contributed by atoms with van der Waals surface area (Å²) >= 11 is 1.31. The van der Waals surface area contributed by atoms with Gasteiger partial charge in [-0.15, -0.1) is 11.3 Å². The molecule has 2 aromatic heterocycles. The zero-order valence-electron chi connectivity index (χ0n) is 10.6. The second-order valence-corrected chi connectivity index (χ2v) is 5.01. The lowest BCUT2D eigenvalue weighted by Crippen LogP contribution is -2.43. The van der Waals surface area contributed by atoms with Crippen LogP contribution in [0.15, 0.2) is 23.6 Å². The van der Waals surface area contributed by atoms with Gasteiger partial charge >= 0.3 is 0 Å². The van der Waals surface area contributed by atoms with E-state index in [-0.39, 0.29) is 18.4 Å². The first-order valence-electron chi connectivity index (χ1n) is 5.70. The van der Waals surface area contributed by atoms with Crippen LogP contribution in [0.1, 0.15) is 21.1 Å². The van der Waals surface area contributed by atoms with Gasteiger partial charge in [-0.25, -0.2) is 0 Å². The van der Waals surface area contributed by atoms with Crippen molar-refractivity contribution in [2.75, 3.05) is 0 Å². The van der Waals surface area contributed by atoms with E-state index in [1.54, 1.807) is 22.2 Å². The third-order valence-electron chi connectivity index (χ3n) is 2.46. The molecule has 100 valence electrons. The maximum absolute atomic E-state index is 11.7. The maximum atomic E-state index is 11.7. The predicted octanol–water partition coefficient (Wildman–Crippen LogP) is 1.02. The van der Waals surface area contributed by atoms with Crippen LogP contribution < -0.4 is 10.9 Å². The number of carbonyl (C=O) groups is 2. The molecule has 0 saturated heterocycles. The standard InChI is InChI=1S/C12H14N4O2S/c1-8-6-9(2)16(15-8)7-11(17)13-14-12(18)10-4-3-5-19-10/h3-6H,7H2,1-2H3,(H,13,17)(H,14,18). The number of hydrogen-bond donors (Lipinski definition) is 2. The van der Waals surface area contributed by atoms with E-state index in [1.807, 2.05) is 19.9 Å². The highest BCUT2D eigenvalue weighted by Crippen LogP contribution is 2.07. The molecule has 0 aliphatic rings. The summed E-state index contributed by atoms with van der Waals surface area (Å²) in [6, 6.07) is 5.35. The van der Waals surface area contributed by atoms with Crippen molar-refractivity contribution in [3.8, 4) is 0 Å². The van der Waals surface area contributed by atoms with Crippen molar-refractivity contribution in [3.05, 3.63) is 39.8 Å². The molecule has 0 fully saturated rings. The topological polar surface area (TPSA) is 76.0 Å². The molecule has 2 heterocycles. The lowest BCUT2D eigenvalue weighted by Gasteiger charge is -2.07. The van der Waals surface area contributed by atoms with Crippen molar-refractivity contribution in [1.29, 1.82) is 0 Å². The van der Waals surface area contributed by atoms with E-state index in [0.717, 1.165) is 11.4 Å². The zero-order valence-corrected chi connectivity index (χ0v) is 11.5. The average Bonchev–Trinajstić information content (AvgIpc) is 2.97. The largest absolute Gasteiger partial charge is 0.279 e. The fourth-order valence-electron chi connectivity index (χ4n) is 1.61. The fraction of sp³-hybridized carbons (Fsp3) is 0.250. The highest BCUT2D eigenvalue weighted by atomic mass is 32.1. The van der Waals surface area contributed by atoms with E-state index in [4.69, 9.17) is 0 Å². The number of rotatable bonds is 3. The molecular weight excluding hydrogens is 264 g/mol. The monoisotopic (exact) mass is 278 g/mol. The lowest BCUT2D eigenvalue weighted by atomic mass is 10.4. The Bertz CT molecular complexity index is 589. The highest BCUT2D eigenvalue weighted by molar-refractivity contribution is 7.12. The Morgan fingerprint density at radius 2 is 2.16 bits per heavy atom. The van der Waals surface area contributed by atoms with E-state index in [1.165, 1.54) is 11.3 Å². The van der Waals surface area contributed by atoms with Gasteiger partial charge in [0.15, 0.2) is 0 Å². The quantitative estimate of drug-likeness (QED) is 0.823. The normalized spacial score (nSPS) is 10.2. The lowest BCUT2D eigenvalue weighted by molar-refractivity contribution is -0.122. The molecule has 2 aromatic rings. The predicted molar refractivity (Wildman–Crippen MR) is 71.6 cm³/mol. The van der Waals surface area contributed by atoms with Crippen molar-refractivity contribution in [2.24, 2.45) is 0 Å². The summed E-state index contributed by atoms with van der Waals surface area (Å²) in [5.74, 6) is -0.646. The number of aryl methyl sites for hydroxylation is 2. The Hall–Kier alpha value is -2.15. The molecule has 6 nitrogen and oxygen atoms in total. The number of nitrogens with zero attached hydrogens (tertiary/aromatic N) is 2. The Balaban J connectivity index is 1.85. The fourth-order valence-corrected chi connectivity index (χ4v) is 2.23. The number of amides is 2. The number of hydrogen-bond acceptors (Lipinski definition) is 4. The molecule has 0 saturated carbocycles. The van der Waals surface area contributed by atoms with E-state index >= 15 is 0 Å². The number of nitrogens with one attached hydrogen (secondary N) is 2. The molecule has 0 atom stereocenters. The molecule has 0 bridgehead atoms. The van der Waals surface area contributed by atoms with Crippen LogP contribution in [0.2, 0.25) is 0 Å². The average molecular weight is 278 g/mol. The molecule has 0 aromatic carbocycles. The number of thiophene rings is 1. The smallest absolute Gasteiger partial charge is 0.271 e. The first-order valence-corrected chi connectivity index (χ1v) is 6.58. The summed E-state index contributed by atoms with van der Waals surface area (Å²) in [7, 11) is 0. The van der Waals surface area contributed by atoms with Crippen molar-refractivity contribution >= 4 is 23.2 Å². The highest BCUT2D eigenvalue weighted by Gasteiger charge is 2.10. The summed E-state index contributed by atoms with van der Waals surface area (Å²) < 4.78 is 1.59. The summed E-state index contributed by atoms with van der Waals surface area (Å²) in [6.07, 6.45) is 0. The zero-order chi connectivity index (χ0) is 13.8. The molecule has 7 heteroatoms. The maximum Gasteiger partial charge on any atom is 0.279 e. The molecule has 2 amide bonds. The van der Waals surface area contributed by atoms with Crippen LogP contribution in [0.25, 0.3) is 0 Å². The second kappa shape index (κ2) is 5.66. The first kappa shape index (κ1) is 13.3. The van der Waals surface area contributed by atoms with Crippen molar-refractivity contribution < 1.29 is 9.59 Å². The van der Waals surface area contributed by atoms with E-state index in [2.05, 4.69) is 16.0 Å². The Morgan fingerprint density at radius 1 is 1.37 bits per heavy atom. The van der Waals surface area contributed by atoms with Gasteiger partial charge in [-0.1, -0.05) is 6.07 Å². The van der Waals surface area contributed by atoms with E-state index in [0.29, 0.717) is 4.88 Å². The van der Waals surface area contributed by atoms with Gasteiger partial charge in [0, 0.05) is 5.69 Å². The van der Waals surface area contributed by atoms with E-state index in [9.17, 15) is 9.59 Å². The summed E-state index contributed by atoms with van der Waals surface area (Å²) in [5.41, 5.74) is 6.48. The van der Waals surface area contributed by atoms with Crippen LogP contribution in [0, 0.1) is 13.8 Å². The molecule has 2 rings (SSSR count). The number of carbonyl (C=O) groups excluding carboxylic acids is 2. The minimum Gasteiger partial charge on any atom is -0.271 e. The third-order valence-corrected chi connectivity index (χ3v) is 3.33. The Morgan fingerprint density at radius 3 is 2.74 bits per heavy atom. The van der Waals surface area contributed by atoms with Gasteiger partial charge < -0.3 is 0 Å². The molecule has 0 aliphatic carbocycles. The van der Waals surface area contributed by atoms with Crippen molar-refractivity contribution in [2.45, 2.75) is 20.4 Å². The number of hydrazine groups is 1. The second-order valence-electron chi connectivity index (χ2n) is 4.06. The Kier molecular flexibility index (Phi) is 3.96. The van der Waals surface area contributed by atoms with E-state index < -0.39 is 0 Å². The molecule has 0 spiro atoms. The molecule has 0 aliphatic heterocycles. The first-order chi connectivity index (χ1) is 9.06. The molecule has 0 radical (unpaired) electrons.